The zero-order valence-corrected chi connectivity index (χ0v) is 11.3. The average Bonchev–Trinajstić information content (AvgIpc) is 2.35. The molecule has 0 saturated heterocycles. The standard InChI is InChI=1S/C13H16N2O2S/c1-3-17-9(2)8-15-12(16)10-6-4-5-7-11(10)14-13(15)18/h4-7,9H,3,8H2,1-2H3,(H,14,18). The van der Waals surface area contributed by atoms with E-state index in [1.807, 2.05) is 32.0 Å². The largest absolute Gasteiger partial charge is 0.377 e. The minimum absolute atomic E-state index is 0.0380. The number of aromatic nitrogens is 2. The highest BCUT2D eigenvalue weighted by molar-refractivity contribution is 7.71. The molecule has 18 heavy (non-hydrogen) atoms. The zero-order chi connectivity index (χ0) is 13.1. The molecule has 1 unspecified atom stereocenters. The molecule has 0 aliphatic carbocycles. The summed E-state index contributed by atoms with van der Waals surface area (Å²) in [4.78, 5) is 15.4. The molecule has 4 nitrogen and oxygen atoms in total. The van der Waals surface area contributed by atoms with Gasteiger partial charge >= 0.3 is 0 Å². The summed E-state index contributed by atoms with van der Waals surface area (Å²) in [6.07, 6.45) is -0.0380. The van der Waals surface area contributed by atoms with Crippen molar-refractivity contribution in [1.82, 2.24) is 9.55 Å². The lowest BCUT2D eigenvalue weighted by Gasteiger charge is -2.14. The Labute approximate surface area is 110 Å². The van der Waals surface area contributed by atoms with Crippen LogP contribution in [0.2, 0.25) is 0 Å². The quantitative estimate of drug-likeness (QED) is 0.863. The van der Waals surface area contributed by atoms with E-state index in [1.165, 1.54) is 0 Å². The molecule has 1 atom stereocenters. The van der Waals surface area contributed by atoms with Crippen LogP contribution in [0.3, 0.4) is 0 Å². The second-order valence-corrected chi connectivity index (χ2v) is 4.54. The van der Waals surface area contributed by atoms with E-state index in [0.717, 1.165) is 5.52 Å². The normalized spacial score (nSPS) is 12.8. The Kier molecular flexibility index (Phi) is 3.93. The summed E-state index contributed by atoms with van der Waals surface area (Å²) < 4.78 is 7.44. The van der Waals surface area contributed by atoms with Gasteiger partial charge < -0.3 is 9.72 Å². The number of nitrogens with zero attached hydrogens (tertiary/aromatic N) is 1. The molecular formula is C13H16N2O2S. The third kappa shape index (κ3) is 2.52. The number of para-hydroxylation sites is 1. The highest BCUT2D eigenvalue weighted by Gasteiger charge is 2.08. The molecule has 2 rings (SSSR count). The third-order valence-electron chi connectivity index (χ3n) is 2.78. The van der Waals surface area contributed by atoms with Crippen LogP contribution >= 0.6 is 12.2 Å². The summed E-state index contributed by atoms with van der Waals surface area (Å²) >= 11 is 5.22. The van der Waals surface area contributed by atoms with E-state index >= 15 is 0 Å². The van der Waals surface area contributed by atoms with Gasteiger partial charge in [-0.05, 0) is 38.2 Å². The number of aromatic amines is 1. The molecule has 1 aromatic heterocycles. The van der Waals surface area contributed by atoms with Crippen molar-refractivity contribution in [1.29, 1.82) is 0 Å². The average molecular weight is 264 g/mol. The highest BCUT2D eigenvalue weighted by atomic mass is 32.1. The van der Waals surface area contributed by atoms with Gasteiger partial charge in [-0.15, -0.1) is 0 Å². The number of hydrogen-bond acceptors (Lipinski definition) is 3. The molecule has 0 amide bonds. The molecule has 1 heterocycles. The first kappa shape index (κ1) is 13.0. The van der Waals surface area contributed by atoms with Gasteiger partial charge in [0.15, 0.2) is 4.77 Å². The lowest BCUT2D eigenvalue weighted by Crippen LogP contribution is -2.28. The first-order valence-corrected chi connectivity index (χ1v) is 6.37. The minimum atomic E-state index is -0.0686. The monoisotopic (exact) mass is 264 g/mol. The van der Waals surface area contributed by atoms with Crippen LogP contribution in [-0.4, -0.2) is 22.3 Å². The van der Waals surface area contributed by atoms with Crippen molar-refractivity contribution >= 4 is 23.1 Å². The number of H-pyrrole nitrogens is 1. The van der Waals surface area contributed by atoms with Gasteiger partial charge in [0.05, 0.1) is 23.6 Å². The summed E-state index contributed by atoms with van der Waals surface area (Å²) in [5.41, 5.74) is 0.703. The number of benzene rings is 1. The second kappa shape index (κ2) is 5.46. The Hall–Kier alpha value is -1.46. The van der Waals surface area contributed by atoms with Gasteiger partial charge in [0.1, 0.15) is 0 Å². The SMILES string of the molecule is CCOC(C)Cn1c(=S)[nH]c2ccccc2c1=O. The fourth-order valence-electron chi connectivity index (χ4n) is 1.96. The van der Waals surface area contributed by atoms with Gasteiger partial charge in [0, 0.05) is 6.61 Å². The Morgan fingerprint density at radius 3 is 2.89 bits per heavy atom. The summed E-state index contributed by atoms with van der Waals surface area (Å²) in [5.74, 6) is 0. The van der Waals surface area contributed by atoms with E-state index < -0.39 is 0 Å². The highest BCUT2D eigenvalue weighted by Crippen LogP contribution is 2.06. The van der Waals surface area contributed by atoms with Crippen molar-refractivity contribution in [3.8, 4) is 0 Å². The van der Waals surface area contributed by atoms with E-state index in [4.69, 9.17) is 17.0 Å². The predicted molar refractivity (Wildman–Crippen MR) is 74.5 cm³/mol. The van der Waals surface area contributed by atoms with Crippen molar-refractivity contribution in [2.24, 2.45) is 0 Å². The van der Waals surface area contributed by atoms with Crippen LogP contribution in [0.15, 0.2) is 29.1 Å². The Balaban J connectivity index is 2.51. The van der Waals surface area contributed by atoms with Gasteiger partial charge in [-0.2, -0.15) is 0 Å². The molecular weight excluding hydrogens is 248 g/mol. The number of rotatable bonds is 4. The molecule has 5 heteroatoms. The first-order chi connectivity index (χ1) is 8.63. The molecule has 0 radical (unpaired) electrons. The molecule has 1 aromatic carbocycles. The van der Waals surface area contributed by atoms with Gasteiger partial charge in [-0.1, -0.05) is 12.1 Å². The fourth-order valence-corrected chi connectivity index (χ4v) is 2.23. The van der Waals surface area contributed by atoms with Crippen LogP contribution in [0.1, 0.15) is 13.8 Å². The topological polar surface area (TPSA) is 47.0 Å². The number of nitrogens with one attached hydrogen (secondary N) is 1. The van der Waals surface area contributed by atoms with Crippen LogP contribution in [0, 0.1) is 4.77 Å². The smallest absolute Gasteiger partial charge is 0.262 e. The fraction of sp³-hybridized carbons (Fsp3) is 0.385. The van der Waals surface area contributed by atoms with Crippen molar-refractivity contribution in [2.45, 2.75) is 26.5 Å². The Bertz CT molecular complexity index is 660. The maximum Gasteiger partial charge on any atom is 0.262 e. The molecule has 0 aliphatic heterocycles. The van der Waals surface area contributed by atoms with Crippen LogP contribution in [0.4, 0.5) is 0 Å². The van der Waals surface area contributed by atoms with E-state index in [-0.39, 0.29) is 11.7 Å². The van der Waals surface area contributed by atoms with E-state index in [9.17, 15) is 4.79 Å². The Morgan fingerprint density at radius 1 is 1.44 bits per heavy atom. The minimum Gasteiger partial charge on any atom is -0.377 e. The van der Waals surface area contributed by atoms with E-state index in [0.29, 0.717) is 23.3 Å². The lowest BCUT2D eigenvalue weighted by atomic mass is 10.2. The zero-order valence-electron chi connectivity index (χ0n) is 10.5. The van der Waals surface area contributed by atoms with Crippen molar-refractivity contribution in [3.63, 3.8) is 0 Å². The third-order valence-corrected chi connectivity index (χ3v) is 3.10. The van der Waals surface area contributed by atoms with Gasteiger partial charge in [-0.3, -0.25) is 9.36 Å². The molecule has 0 saturated carbocycles. The van der Waals surface area contributed by atoms with Crippen molar-refractivity contribution in [3.05, 3.63) is 39.4 Å². The molecule has 0 bridgehead atoms. The first-order valence-electron chi connectivity index (χ1n) is 5.97. The molecule has 0 fully saturated rings. The summed E-state index contributed by atoms with van der Waals surface area (Å²) in [5, 5.41) is 0.648. The molecule has 1 N–H and O–H groups in total. The van der Waals surface area contributed by atoms with E-state index in [1.54, 1.807) is 10.6 Å². The predicted octanol–water partition coefficient (Wildman–Crippen LogP) is 2.48. The van der Waals surface area contributed by atoms with E-state index in [2.05, 4.69) is 4.98 Å². The number of ether oxygens (including phenoxy) is 1. The molecule has 0 aliphatic rings. The van der Waals surface area contributed by atoms with Gasteiger partial charge in [0.2, 0.25) is 0 Å². The van der Waals surface area contributed by atoms with Crippen molar-refractivity contribution < 1.29 is 4.74 Å². The number of fused-ring (bicyclic) bond motifs is 1. The maximum absolute atomic E-state index is 12.3. The number of hydrogen-bond donors (Lipinski definition) is 1. The summed E-state index contributed by atoms with van der Waals surface area (Å²) in [7, 11) is 0. The lowest BCUT2D eigenvalue weighted by molar-refractivity contribution is 0.0629. The molecule has 2 aromatic rings. The summed E-state index contributed by atoms with van der Waals surface area (Å²) in [6, 6.07) is 7.37. The van der Waals surface area contributed by atoms with Crippen molar-refractivity contribution in [2.75, 3.05) is 6.61 Å². The van der Waals surface area contributed by atoms with Crippen LogP contribution in [0.25, 0.3) is 10.9 Å². The van der Waals surface area contributed by atoms with Crippen LogP contribution in [0.5, 0.6) is 0 Å². The molecule has 96 valence electrons. The Morgan fingerprint density at radius 2 is 2.17 bits per heavy atom. The van der Waals surface area contributed by atoms with Gasteiger partial charge in [0.25, 0.3) is 5.56 Å². The summed E-state index contributed by atoms with van der Waals surface area (Å²) in [6.45, 7) is 4.95. The van der Waals surface area contributed by atoms with Crippen LogP contribution in [-0.2, 0) is 11.3 Å². The molecule has 0 spiro atoms. The van der Waals surface area contributed by atoms with Gasteiger partial charge in [-0.25, -0.2) is 0 Å². The second-order valence-electron chi connectivity index (χ2n) is 4.16. The van der Waals surface area contributed by atoms with Crippen LogP contribution < -0.4 is 5.56 Å². The maximum atomic E-state index is 12.3.